The first-order valence-electron chi connectivity index (χ1n) is 37.2. The van der Waals surface area contributed by atoms with Crippen LogP contribution in [-0.2, 0) is 27.9 Å². The van der Waals surface area contributed by atoms with Gasteiger partial charge in [0.2, 0.25) is 5.91 Å². The van der Waals surface area contributed by atoms with E-state index >= 15 is 0 Å². The van der Waals surface area contributed by atoms with Crippen LogP contribution >= 0.6 is 7.82 Å². The Labute approximate surface area is 540 Å². The van der Waals surface area contributed by atoms with Crippen LogP contribution < -0.4 is 10.2 Å². The number of allylic oxidation sites excluding steroid dienone is 11. The second-order valence-corrected chi connectivity index (χ2v) is 27.9. The Bertz CT molecular complexity index is 1720. The zero-order valence-electron chi connectivity index (χ0n) is 58.2. The first kappa shape index (κ1) is 84.5. The van der Waals surface area contributed by atoms with E-state index in [0.717, 1.165) is 89.9 Å². The molecule has 0 saturated carbocycles. The third-order valence-electron chi connectivity index (χ3n) is 16.6. The van der Waals surface area contributed by atoms with Crippen LogP contribution in [0.2, 0.25) is 0 Å². The summed E-state index contributed by atoms with van der Waals surface area (Å²) in [6, 6.07) is -0.894. The van der Waals surface area contributed by atoms with E-state index in [2.05, 4.69) is 86.8 Å². The van der Waals surface area contributed by atoms with Gasteiger partial charge in [0.05, 0.1) is 33.8 Å². The third kappa shape index (κ3) is 67.7. The Morgan fingerprint density at radius 3 is 1.08 bits per heavy atom. The average molecular weight is 1240 g/mol. The van der Waals surface area contributed by atoms with Gasteiger partial charge >= 0.3 is 5.97 Å². The fourth-order valence-corrected chi connectivity index (χ4v) is 11.6. The SMILES string of the molecule is CCCCC/C=C\C/C=C\C/C=C\C/C=C\CCCCCCCCCCCC(=O)OC(/C=C/CCCCCCCCCCCCC)C(COP(=O)([O-])OCC[N+](C)(C)C)NC(=O)CCCCCCCCCCCCCCC/C=C/CCCCCCCC. The molecule has 0 aliphatic rings. The number of phosphoric ester groups is 1. The molecule has 0 fully saturated rings. The van der Waals surface area contributed by atoms with Crippen LogP contribution in [0.4, 0.5) is 0 Å². The molecule has 10 heteroatoms. The van der Waals surface area contributed by atoms with Crippen LogP contribution in [0.1, 0.15) is 355 Å². The molecule has 0 saturated heterocycles. The van der Waals surface area contributed by atoms with Gasteiger partial charge in [-0.1, -0.05) is 312 Å². The number of hydrogen-bond donors (Lipinski definition) is 1. The summed E-state index contributed by atoms with van der Waals surface area (Å²) in [6.07, 6.45) is 87.4. The second-order valence-electron chi connectivity index (χ2n) is 26.4. The number of ether oxygens (including phenoxy) is 1. The van der Waals surface area contributed by atoms with Crippen molar-refractivity contribution in [1.82, 2.24) is 5.32 Å². The molecule has 0 heterocycles. The molecule has 1 N–H and O–H groups in total. The maximum absolute atomic E-state index is 13.6. The van der Waals surface area contributed by atoms with E-state index in [-0.39, 0.29) is 31.5 Å². The van der Waals surface area contributed by atoms with E-state index < -0.39 is 20.0 Å². The predicted octanol–water partition coefficient (Wildman–Crippen LogP) is 23.3. The summed E-state index contributed by atoms with van der Waals surface area (Å²) in [7, 11) is 1.19. The van der Waals surface area contributed by atoms with Gasteiger partial charge in [-0.2, -0.15) is 0 Å². The Kier molecular flexibility index (Phi) is 64.4. The van der Waals surface area contributed by atoms with Crippen molar-refractivity contribution < 1.29 is 37.3 Å². The Morgan fingerprint density at radius 2 is 0.701 bits per heavy atom. The molecule has 508 valence electrons. The standard InChI is InChI=1S/C77H143N2O7P/c1-7-10-13-16-19-22-25-28-30-32-34-36-38-39-41-43-45-47-49-52-55-58-61-64-67-70-77(81)86-75(68-65-62-59-56-53-50-27-24-21-18-15-12-9-3)74(73-85-87(82,83)84-72-71-79(4,5)6)78-76(80)69-66-63-60-57-54-51-48-46-44-42-40-37-35-33-31-29-26-23-20-17-14-11-8-2/h19,22,28-31,34,36,39,41,65,68,74-75H,7-18,20-21,23-27,32-33,35,37-38,40,42-64,66-67,69-73H2,1-6H3,(H-,78,80,82,83)/b22-19-,30-28-,31-29+,36-34-,41-39-,68-65+. The van der Waals surface area contributed by atoms with Crippen molar-refractivity contribution in [1.29, 1.82) is 0 Å². The number of quaternary nitrogens is 1. The zero-order chi connectivity index (χ0) is 63.5. The normalized spacial score (nSPS) is 13.9. The number of carbonyl (C=O) groups excluding carboxylic acids is 2. The highest BCUT2D eigenvalue weighted by Gasteiger charge is 2.27. The highest BCUT2D eigenvalue weighted by atomic mass is 31.2. The van der Waals surface area contributed by atoms with E-state index in [4.69, 9.17) is 13.8 Å². The van der Waals surface area contributed by atoms with E-state index in [0.29, 0.717) is 17.4 Å². The van der Waals surface area contributed by atoms with Crippen molar-refractivity contribution >= 4 is 19.7 Å². The van der Waals surface area contributed by atoms with E-state index in [9.17, 15) is 19.0 Å². The monoisotopic (exact) mass is 1240 g/mol. The number of nitrogens with zero attached hydrogens (tertiary/aromatic N) is 1. The molecule has 0 aliphatic heterocycles. The highest BCUT2D eigenvalue weighted by molar-refractivity contribution is 7.45. The fraction of sp³-hybridized carbons (Fsp3) is 0.818. The van der Waals surface area contributed by atoms with Gasteiger partial charge in [0.1, 0.15) is 19.3 Å². The van der Waals surface area contributed by atoms with Gasteiger partial charge in [0, 0.05) is 12.8 Å². The number of carbonyl (C=O) groups is 2. The van der Waals surface area contributed by atoms with Crippen molar-refractivity contribution in [2.24, 2.45) is 0 Å². The molecular weight excluding hydrogens is 1100 g/mol. The summed E-state index contributed by atoms with van der Waals surface area (Å²) in [4.78, 5) is 40.3. The van der Waals surface area contributed by atoms with Crippen LogP contribution in [0.25, 0.3) is 0 Å². The maximum Gasteiger partial charge on any atom is 0.306 e. The van der Waals surface area contributed by atoms with E-state index in [1.165, 1.54) is 231 Å². The van der Waals surface area contributed by atoms with Crippen LogP contribution in [-0.4, -0.2) is 69.4 Å². The number of nitrogens with one attached hydrogen (secondary N) is 1. The largest absolute Gasteiger partial charge is 0.756 e. The number of phosphoric acid groups is 1. The maximum atomic E-state index is 13.6. The van der Waals surface area contributed by atoms with Gasteiger partial charge in [-0.3, -0.25) is 14.2 Å². The van der Waals surface area contributed by atoms with Gasteiger partial charge < -0.3 is 28.5 Å². The molecule has 0 spiro atoms. The lowest BCUT2D eigenvalue weighted by Gasteiger charge is -2.30. The number of likely N-dealkylation sites (N-methyl/N-ethyl adjacent to an activating group) is 1. The summed E-state index contributed by atoms with van der Waals surface area (Å²) in [6.45, 7) is 6.85. The molecule has 87 heavy (non-hydrogen) atoms. The van der Waals surface area contributed by atoms with Gasteiger partial charge in [-0.15, -0.1) is 0 Å². The van der Waals surface area contributed by atoms with Gasteiger partial charge in [-0.25, -0.2) is 0 Å². The molecule has 1 amide bonds. The van der Waals surface area contributed by atoms with E-state index in [1.54, 1.807) is 0 Å². The molecule has 3 atom stereocenters. The first-order valence-corrected chi connectivity index (χ1v) is 38.7. The van der Waals surface area contributed by atoms with Crippen LogP contribution in [0, 0.1) is 0 Å². The lowest BCUT2D eigenvalue weighted by molar-refractivity contribution is -0.870. The summed E-state index contributed by atoms with van der Waals surface area (Å²) >= 11 is 0. The molecule has 0 radical (unpaired) electrons. The number of amides is 1. The molecule has 9 nitrogen and oxygen atoms in total. The molecule has 0 aromatic carbocycles. The summed E-state index contributed by atoms with van der Waals surface area (Å²) in [5, 5.41) is 3.05. The lowest BCUT2D eigenvalue weighted by atomic mass is 10.0. The molecule has 3 unspecified atom stereocenters. The molecule has 0 aromatic heterocycles. The fourth-order valence-electron chi connectivity index (χ4n) is 10.9. The smallest absolute Gasteiger partial charge is 0.306 e. The minimum Gasteiger partial charge on any atom is -0.756 e. The third-order valence-corrected chi connectivity index (χ3v) is 17.6. The molecule has 0 aliphatic carbocycles. The number of unbranched alkanes of at least 4 members (excludes halogenated alkanes) is 42. The minimum atomic E-state index is -4.71. The van der Waals surface area contributed by atoms with Gasteiger partial charge in [0.25, 0.3) is 7.82 Å². The lowest BCUT2D eigenvalue weighted by Crippen LogP contribution is -2.47. The van der Waals surface area contributed by atoms with Gasteiger partial charge in [0.15, 0.2) is 0 Å². The Balaban J connectivity index is 5.07. The van der Waals surface area contributed by atoms with Crippen molar-refractivity contribution in [3.63, 3.8) is 0 Å². The molecule has 0 bridgehead atoms. The quantitative estimate of drug-likeness (QED) is 0.0212. The zero-order valence-corrected chi connectivity index (χ0v) is 59.1. The highest BCUT2D eigenvalue weighted by Crippen LogP contribution is 2.38. The van der Waals surface area contributed by atoms with Crippen molar-refractivity contribution in [3.05, 3.63) is 72.9 Å². The topological polar surface area (TPSA) is 114 Å². The predicted molar refractivity (Wildman–Crippen MR) is 376 cm³/mol. The number of hydrogen-bond acceptors (Lipinski definition) is 7. The summed E-state index contributed by atoms with van der Waals surface area (Å²) in [5.74, 6) is -0.536. The van der Waals surface area contributed by atoms with Crippen LogP contribution in [0.15, 0.2) is 72.9 Å². The van der Waals surface area contributed by atoms with Gasteiger partial charge in [-0.05, 0) is 102 Å². The molecule has 0 aromatic rings. The Hall–Kier alpha value is -2.55. The van der Waals surface area contributed by atoms with Crippen LogP contribution in [0.5, 0.6) is 0 Å². The van der Waals surface area contributed by atoms with E-state index in [1.807, 2.05) is 33.3 Å². The number of rotatable bonds is 68. The summed E-state index contributed by atoms with van der Waals surface area (Å²) < 4.78 is 30.5. The first-order chi connectivity index (χ1) is 42.4. The molecule has 0 rings (SSSR count). The average Bonchev–Trinajstić information content (AvgIpc) is 3.70. The van der Waals surface area contributed by atoms with Crippen molar-refractivity contribution in [3.8, 4) is 0 Å². The molecular formula is C77H143N2O7P. The Morgan fingerprint density at radius 1 is 0.402 bits per heavy atom. The number of esters is 1. The van der Waals surface area contributed by atoms with Crippen molar-refractivity contribution in [2.45, 2.75) is 367 Å². The summed E-state index contributed by atoms with van der Waals surface area (Å²) in [5.41, 5.74) is 0. The van der Waals surface area contributed by atoms with Crippen LogP contribution in [0.3, 0.4) is 0 Å². The van der Waals surface area contributed by atoms with Crippen molar-refractivity contribution in [2.75, 3.05) is 40.9 Å². The second kappa shape index (κ2) is 66.4. The minimum absolute atomic E-state index is 0.0240.